The van der Waals surface area contributed by atoms with Crippen molar-refractivity contribution in [2.45, 2.75) is 38.8 Å². The maximum Gasteiger partial charge on any atom is 0.142 e. The molecule has 1 unspecified atom stereocenters. The van der Waals surface area contributed by atoms with Gasteiger partial charge in [0, 0.05) is 19.1 Å². The van der Waals surface area contributed by atoms with Gasteiger partial charge in [0.05, 0.1) is 5.02 Å². The fourth-order valence-electron chi connectivity index (χ4n) is 2.59. The van der Waals surface area contributed by atoms with Crippen LogP contribution < -0.4 is 5.32 Å². The van der Waals surface area contributed by atoms with Crippen molar-refractivity contribution in [2.24, 2.45) is 0 Å². The van der Waals surface area contributed by atoms with E-state index in [0.717, 1.165) is 31.7 Å². The van der Waals surface area contributed by atoms with Crippen molar-refractivity contribution in [3.63, 3.8) is 0 Å². The van der Waals surface area contributed by atoms with Crippen molar-refractivity contribution in [3.8, 4) is 0 Å². The zero-order valence-corrected chi connectivity index (χ0v) is 12.2. The number of piperidine rings is 1. The summed E-state index contributed by atoms with van der Waals surface area (Å²) in [5.74, 6) is -0.328. The smallest absolute Gasteiger partial charge is 0.142 e. The second-order valence-electron chi connectivity index (χ2n) is 5.22. The van der Waals surface area contributed by atoms with E-state index in [1.54, 1.807) is 12.1 Å². The number of likely N-dealkylation sites (N-methyl/N-ethyl adjacent to an activating group) is 1. The monoisotopic (exact) mass is 284 g/mol. The molecule has 1 aliphatic rings. The molecule has 1 fully saturated rings. The third-order valence-corrected chi connectivity index (χ3v) is 4.03. The Kier molecular flexibility index (Phi) is 5.61. The zero-order chi connectivity index (χ0) is 13.7. The highest BCUT2D eigenvalue weighted by molar-refractivity contribution is 6.30. The predicted molar refractivity (Wildman–Crippen MR) is 78.0 cm³/mol. The van der Waals surface area contributed by atoms with E-state index in [2.05, 4.69) is 17.1 Å². The predicted octanol–water partition coefficient (Wildman–Crippen LogP) is 3.44. The minimum absolute atomic E-state index is 0.195. The summed E-state index contributed by atoms with van der Waals surface area (Å²) in [6, 6.07) is 5.66. The van der Waals surface area contributed by atoms with Gasteiger partial charge in [0.25, 0.3) is 0 Å². The van der Waals surface area contributed by atoms with Gasteiger partial charge in [0.1, 0.15) is 5.82 Å². The Bertz CT molecular complexity index is 405. The van der Waals surface area contributed by atoms with Crippen molar-refractivity contribution >= 4 is 11.6 Å². The normalized spacial score (nSPS) is 19.9. The fraction of sp³-hybridized carbons (Fsp3) is 0.600. The van der Waals surface area contributed by atoms with E-state index in [9.17, 15) is 4.39 Å². The molecule has 2 nitrogen and oxygen atoms in total. The zero-order valence-electron chi connectivity index (χ0n) is 11.5. The number of hydrogen-bond acceptors (Lipinski definition) is 2. The lowest BCUT2D eigenvalue weighted by atomic mass is 10.0. The molecule has 1 saturated heterocycles. The summed E-state index contributed by atoms with van der Waals surface area (Å²) in [4.78, 5) is 2.35. The standard InChI is InChI=1S/C15H22ClFN2/c1-2-19(11-13-5-3-4-8-18-13)10-12-6-7-14(16)15(17)9-12/h6-7,9,13,18H,2-5,8,10-11H2,1H3. The van der Waals surface area contributed by atoms with Crippen LogP contribution >= 0.6 is 11.6 Å². The number of nitrogens with zero attached hydrogens (tertiary/aromatic N) is 1. The van der Waals surface area contributed by atoms with Crippen LogP contribution in [0.15, 0.2) is 18.2 Å². The Balaban J connectivity index is 1.92. The van der Waals surface area contributed by atoms with Crippen LogP contribution in [0.1, 0.15) is 31.7 Å². The molecule has 1 heterocycles. The van der Waals surface area contributed by atoms with Gasteiger partial charge in [-0.2, -0.15) is 0 Å². The summed E-state index contributed by atoms with van der Waals surface area (Å²) in [5.41, 5.74) is 0.986. The molecule has 19 heavy (non-hydrogen) atoms. The lowest BCUT2D eigenvalue weighted by molar-refractivity contribution is 0.226. The van der Waals surface area contributed by atoms with E-state index in [1.165, 1.54) is 19.3 Å². The summed E-state index contributed by atoms with van der Waals surface area (Å²) in [7, 11) is 0. The molecule has 0 radical (unpaired) electrons. The van der Waals surface area contributed by atoms with Gasteiger partial charge in [-0.1, -0.05) is 31.0 Å². The van der Waals surface area contributed by atoms with Gasteiger partial charge in [-0.25, -0.2) is 4.39 Å². The molecule has 0 bridgehead atoms. The highest BCUT2D eigenvalue weighted by atomic mass is 35.5. The summed E-state index contributed by atoms with van der Waals surface area (Å²) in [6.07, 6.45) is 3.83. The largest absolute Gasteiger partial charge is 0.313 e. The molecule has 0 aromatic heterocycles. The molecule has 4 heteroatoms. The number of hydrogen-bond donors (Lipinski definition) is 1. The minimum Gasteiger partial charge on any atom is -0.313 e. The quantitative estimate of drug-likeness (QED) is 0.891. The molecule has 1 aromatic carbocycles. The maximum atomic E-state index is 13.4. The summed E-state index contributed by atoms with van der Waals surface area (Å²) in [5, 5.41) is 3.75. The average molecular weight is 285 g/mol. The molecule has 0 amide bonds. The second kappa shape index (κ2) is 7.22. The Morgan fingerprint density at radius 3 is 2.89 bits per heavy atom. The molecular formula is C15H22ClFN2. The van der Waals surface area contributed by atoms with Crippen molar-refractivity contribution in [1.29, 1.82) is 0 Å². The molecule has 106 valence electrons. The Labute approximate surface area is 119 Å². The highest BCUT2D eigenvalue weighted by Crippen LogP contribution is 2.17. The fourth-order valence-corrected chi connectivity index (χ4v) is 2.71. The molecule has 0 aliphatic carbocycles. The molecule has 1 atom stereocenters. The summed E-state index contributed by atoms with van der Waals surface area (Å²) in [6.45, 7) is 6.05. The first-order valence-corrected chi connectivity index (χ1v) is 7.46. The molecule has 1 N–H and O–H groups in total. The first-order chi connectivity index (χ1) is 9.19. The van der Waals surface area contributed by atoms with Gasteiger partial charge in [0.15, 0.2) is 0 Å². The molecule has 1 aromatic rings. The third-order valence-electron chi connectivity index (χ3n) is 3.73. The Morgan fingerprint density at radius 1 is 1.42 bits per heavy atom. The summed E-state index contributed by atoms with van der Waals surface area (Å²) < 4.78 is 13.4. The van der Waals surface area contributed by atoms with Crippen LogP contribution in [0.25, 0.3) is 0 Å². The number of rotatable bonds is 5. The van der Waals surface area contributed by atoms with E-state index in [1.807, 2.05) is 6.07 Å². The van der Waals surface area contributed by atoms with Crippen LogP contribution in [0.4, 0.5) is 4.39 Å². The average Bonchev–Trinajstić information content (AvgIpc) is 2.43. The van der Waals surface area contributed by atoms with Gasteiger partial charge in [-0.05, 0) is 43.6 Å². The van der Waals surface area contributed by atoms with E-state index >= 15 is 0 Å². The molecule has 0 saturated carbocycles. The van der Waals surface area contributed by atoms with Crippen LogP contribution in [0.3, 0.4) is 0 Å². The van der Waals surface area contributed by atoms with Gasteiger partial charge >= 0.3 is 0 Å². The molecular weight excluding hydrogens is 263 g/mol. The molecule has 0 spiro atoms. The molecule has 2 rings (SSSR count). The van der Waals surface area contributed by atoms with Gasteiger partial charge in [-0.15, -0.1) is 0 Å². The van der Waals surface area contributed by atoms with Crippen LogP contribution in [0.2, 0.25) is 5.02 Å². The van der Waals surface area contributed by atoms with Crippen LogP contribution in [0.5, 0.6) is 0 Å². The lowest BCUT2D eigenvalue weighted by Crippen LogP contribution is -2.43. The van der Waals surface area contributed by atoms with Crippen molar-refractivity contribution in [1.82, 2.24) is 10.2 Å². The SMILES string of the molecule is CCN(Cc1ccc(Cl)c(F)c1)CC1CCCCN1. The van der Waals surface area contributed by atoms with E-state index in [4.69, 9.17) is 11.6 Å². The summed E-state index contributed by atoms with van der Waals surface area (Å²) >= 11 is 5.71. The number of benzene rings is 1. The van der Waals surface area contributed by atoms with Crippen LogP contribution in [-0.2, 0) is 6.54 Å². The van der Waals surface area contributed by atoms with Crippen molar-refractivity contribution in [3.05, 3.63) is 34.6 Å². The third kappa shape index (κ3) is 4.44. The first kappa shape index (κ1) is 14.8. The van der Waals surface area contributed by atoms with E-state index in [0.29, 0.717) is 6.04 Å². The van der Waals surface area contributed by atoms with E-state index in [-0.39, 0.29) is 10.8 Å². The van der Waals surface area contributed by atoms with E-state index < -0.39 is 0 Å². The van der Waals surface area contributed by atoms with Gasteiger partial charge in [-0.3, -0.25) is 4.90 Å². The topological polar surface area (TPSA) is 15.3 Å². The second-order valence-corrected chi connectivity index (χ2v) is 5.63. The Hall–Kier alpha value is -0.640. The lowest BCUT2D eigenvalue weighted by Gasteiger charge is -2.30. The number of nitrogens with one attached hydrogen (secondary N) is 1. The first-order valence-electron chi connectivity index (χ1n) is 7.08. The Morgan fingerprint density at radius 2 is 2.26 bits per heavy atom. The van der Waals surface area contributed by atoms with Crippen molar-refractivity contribution < 1.29 is 4.39 Å². The van der Waals surface area contributed by atoms with Crippen LogP contribution in [0, 0.1) is 5.82 Å². The number of halogens is 2. The van der Waals surface area contributed by atoms with Gasteiger partial charge in [0.2, 0.25) is 0 Å². The highest BCUT2D eigenvalue weighted by Gasteiger charge is 2.16. The van der Waals surface area contributed by atoms with Crippen molar-refractivity contribution in [2.75, 3.05) is 19.6 Å². The molecule has 1 aliphatic heterocycles. The van der Waals surface area contributed by atoms with Gasteiger partial charge < -0.3 is 5.32 Å². The maximum absolute atomic E-state index is 13.4. The van der Waals surface area contributed by atoms with Crippen LogP contribution in [-0.4, -0.2) is 30.6 Å². The minimum atomic E-state index is -0.328.